The Morgan fingerprint density at radius 2 is 1.91 bits per heavy atom. The second-order valence-electron chi connectivity index (χ2n) is 7.11. The van der Waals surface area contributed by atoms with E-state index in [4.69, 9.17) is 16.3 Å². The van der Waals surface area contributed by atoms with Gasteiger partial charge in [-0.25, -0.2) is 0 Å². The van der Waals surface area contributed by atoms with Crippen molar-refractivity contribution in [3.8, 4) is 22.8 Å². The number of alkyl halides is 3. The van der Waals surface area contributed by atoms with Crippen LogP contribution in [0.4, 0.5) is 18.9 Å². The number of aromatic nitrogens is 4. The van der Waals surface area contributed by atoms with Crippen LogP contribution in [-0.4, -0.2) is 38.5 Å². The fourth-order valence-electron chi connectivity index (χ4n) is 3.12. The molecule has 2 aromatic carbocycles. The first kappa shape index (κ1) is 24.6. The van der Waals surface area contributed by atoms with Crippen molar-refractivity contribution < 1.29 is 22.7 Å². The summed E-state index contributed by atoms with van der Waals surface area (Å²) in [7, 11) is 1.56. The fraction of sp³-hybridized carbons (Fsp3) is 0.130. The van der Waals surface area contributed by atoms with E-state index in [1.165, 1.54) is 0 Å². The number of nitrogens with zero attached hydrogens (tertiary/aromatic N) is 4. The second-order valence-corrected chi connectivity index (χ2v) is 8.46. The van der Waals surface area contributed by atoms with Crippen molar-refractivity contribution >= 4 is 35.0 Å². The van der Waals surface area contributed by atoms with Crippen LogP contribution in [0.5, 0.6) is 5.75 Å². The highest BCUT2D eigenvalue weighted by Gasteiger charge is 2.31. The number of halogens is 4. The largest absolute Gasteiger partial charge is 0.497 e. The number of methoxy groups -OCH3 is 1. The van der Waals surface area contributed by atoms with Crippen LogP contribution < -0.4 is 10.1 Å². The van der Waals surface area contributed by atoms with E-state index >= 15 is 0 Å². The van der Waals surface area contributed by atoms with Gasteiger partial charge in [0, 0.05) is 23.6 Å². The lowest BCUT2D eigenvalue weighted by molar-refractivity contribution is -0.137. The SMILES string of the molecule is COc1ccc(-n2c(SCC(=O)Nc3cc(C(F)(F)F)ccc3Cl)nnc2-c2cccnc2)cc1. The predicted molar refractivity (Wildman–Crippen MR) is 127 cm³/mol. The van der Waals surface area contributed by atoms with Crippen LogP contribution in [0, 0.1) is 0 Å². The number of carbonyl (C=O) groups is 1. The maximum absolute atomic E-state index is 13.0. The van der Waals surface area contributed by atoms with Crippen LogP contribution in [-0.2, 0) is 11.0 Å². The van der Waals surface area contributed by atoms with Crippen LogP contribution in [0.25, 0.3) is 17.1 Å². The topological polar surface area (TPSA) is 81.9 Å². The van der Waals surface area contributed by atoms with Crippen LogP contribution in [0.2, 0.25) is 5.02 Å². The molecular formula is C23H17ClF3N5O2S. The number of hydrogen-bond acceptors (Lipinski definition) is 6. The zero-order valence-electron chi connectivity index (χ0n) is 18.1. The predicted octanol–water partition coefficient (Wildman–Crippen LogP) is 5.74. The molecule has 0 saturated heterocycles. The average molecular weight is 520 g/mol. The van der Waals surface area contributed by atoms with Crippen molar-refractivity contribution in [2.45, 2.75) is 11.3 Å². The fourth-order valence-corrected chi connectivity index (χ4v) is 4.04. The van der Waals surface area contributed by atoms with Gasteiger partial charge in [0.05, 0.1) is 29.1 Å². The molecule has 4 rings (SSSR count). The third-order valence-electron chi connectivity index (χ3n) is 4.78. The van der Waals surface area contributed by atoms with E-state index in [0.29, 0.717) is 22.3 Å². The molecular weight excluding hydrogens is 503 g/mol. The Morgan fingerprint density at radius 1 is 1.14 bits per heavy atom. The summed E-state index contributed by atoms with van der Waals surface area (Å²) in [5.74, 6) is 0.472. The Kier molecular flexibility index (Phi) is 7.27. The third-order valence-corrected chi connectivity index (χ3v) is 6.04. The highest BCUT2D eigenvalue weighted by atomic mass is 35.5. The molecule has 180 valence electrons. The molecule has 0 aliphatic carbocycles. The van der Waals surface area contributed by atoms with Crippen LogP contribution in [0.1, 0.15) is 5.56 Å². The number of nitrogens with one attached hydrogen (secondary N) is 1. The lowest BCUT2D eigenvalue weighted by atomic mass is 10.2. The Balaban J connectivity index is 1.58. The molecule has 0 aliphatic rings. The lowest BCUT2D eigenvalue weighted by Gasteiger charge is -2.12. The highest BCUT2D eigenvalue weighted by Crippen LogP contribution is 2.34. The van der Waals surface area contributed by atoms with Gasteiger partial charge in [-0.3, -0.25) is 14.3 Å². The lowest BCUT2D eigenvalue weighted by Crippen LogP contribution is -2.16. The number of ether oxygens (including phenoxy) is 1. The Bertz CT molecular complexity index is 1330. The number of hydrogen-bond donors (Lipinski definition) is 1. The normalized spacial score (nSPS) is 11.3. The number of rotatable bonds is 7. The Hall–Kier alpha value is -3.57. The molecule has 2 heterocycles. The molecule has 2 aromatic heterocycles. The molecule has 1 amide bonds. The zero-order chi connectivity index (χ0) is 25.0. The quantitative estimate of drug-likeness (QED) is 0.313. The second kappa shape index (κ2) is 10.4. The number of anilines is 1. The number of pyridine rings is 1. The van der Waals surface area contributed by atoms with Gasteiger partial charge in [-0.1, -0.05) is 23.4 Å². The van der Waals surface area contributed by atoms with E-state index in [-0.39, 0.29) is 16.5 Å². The number of carbonyl (C=O) groups excluding carboxylic acids is 1. The molecule has 0 bridgehead atoms. The van der Waals surface area contributed by atoms with Crippen molar-refractivity contribution in [2.75, 3.05) is 18.2 Å². The van der Waals surface area contributed by atoms with Crippen molar-refractivity contribution in [1.29, 1.82) is 0 Å². The molecule has 12 heteroatoms. The molecule has 0 aliphatic heterocycles. The first-order valence-electron chi connectivity index (χ1n) is 10.1. The minimum absolute atomic E-state index is 0.00314. The zero-order valence-corrected chi connectivity index (χ0v) is 19.7. The van der Waals surface area contributed by atoms with Gasteiger partial charge < -0.3 is 10.1 Å². The van der Waals surface area contributed by atoms with Gasteiger partial charge in [-0.15, -0.1) is 10.2 Å². The van der Waals surface area contributed by atoms with Gasteiger partial charge in [-0.05, 0) is 54.6 Å². The van der Waals surface area contributed by atoms with Crippen LogP contribution in [0.15, 0.2) is 72.1 Å². The summed E-state index contributed by atoms with van der Waals surface area (Å²) >= 11 is 7.05. The van der Waals surface area contributed by atoms with E-state index in [1.807, 2.05) is 18.2 Å². The molecule has 0 fully saturated rings. The van der Waals surface area contributed by atoms with Gasteiger partial charge in [-0.2, -0.15) is 13.2 Å². The van der Waals surface area contributed by atoms with Crippen molar-refractivity contribution in [2.24, 2.45) is 0 Å². The first-order valence-corrected chi connectivity index (χ1v) is 11.4. The van der Waals surface area contributed by atoms with Crippen LogP contribution >= 0.6 is 23.4 Å². The van der Waals surface area contributed by atoms with Crippen molar-refractivity contribution in [1.82, 2.24) is 19.7 Å². The summed E-state index contributed by atoms with van der Waals surface area (Å²) in [5.41, 5.74) is 0.395. The molecule has 0 atom stereocenters. The van der Waals surface area contributed by atoms with E-state index in [9.17, 15) is 18.0 Å². The molecule has 0 radical (unpaired) electrons. The Morgan fingerprint density at radius 3 is 2.57 bits per heavy atom. The smallest absolute Gasteiger partial charge is 0.416 e. The molecule has 7 nitrogen and oxygen atoms in total. The molecule has 0 spiro atoms. The van der Waals surface area contributed by atoms with Crippen molar-refractivity contribution in [3.63, 3.8) is 0 Å². The Labute approximate surface area is 207 Å². The van der Waals surface area contributed by atoms with Gasteiger partial charge >= 0.3 is 6.18 Å². The number of thioether (sulfide) groups is 1. The molecule has 4 aromatic rings. The standard InChI is InChI=1S/C23H17ClF3N5O2S/c1-34-17-7-5-16(6-8-17)32-21(14-3-2-10-28-12-14)30-31-22(32)35-13-20(33)29-19-11-15(23(25,26)27)4-9-18(19)24/h2-12H,13H2,1H3,(H,29,33). The summed E-state index contributed by atoms with van der Waals surface area (Å²) in [5, 5.41) is 11.3. The monoisotopic (exact) mass is 519 g/mol. The van der Waals surface area contributed by atoms with Gasteiger partial charge in [0.25, 0.3) is 0 Å². The maximum atomic E-state index is 13.0. The summed E-state index contributed by atoms with van der Waals surface area (Å²) in [4.78, 5) is 16.7. The third kappa shape index (κ3) is 5.75. The van der Waals surface area contributed by atoms with E-state index < -0.39 is 17.6 Å². The number of amides is 1. The summed E-state index contributed by atoms with van der Waals surface area (Å²) < 4.78 is 46.0. The summed E-state index contributed by atoms with van der Waals surface area (Å²) in [6.07, 6.45) is -1.28. The highest BCUT2D eigenvalue weighted by molar-refractivity contribution is 7.99. The van der Waals surface area contributed by atoms with Gasteiger partial charge in [0.2, 0.25) is 5.91 Å². The first-order chi connectivity index (χ1) is 16.8. The average Bonchev–Trinajstić information content (AvgIpc) is 3.28. The molecule has 1 N–H and O–H groups in total. The van der Waals surface area contributed by atoms with E-state index in [0.717, 1.165) is 35.6 Å². The van der Waals surface area contributed by atoms with E-state index in [1.54, 1.807) is 42.3 Å². The summed E-state index contributed by atoms with van der Waals surface area (Å²) in [6.45, 7) is 0. The summed E-state index contributed by atoms with van der Waals surface area (Å²) in [6, 6.07) is 13.5. The number of benzene rings is 2. The van der Waals surface area contributed by atoms with Crippen molar-refractivity contribution in [3.05, 3.63) is 77.6 Å². The van der Waals surface area contributed by atoms with E-state index in [2.05, 4.69) is 20.5 Å². The maximum Gasteiger partial charge on any atom is 0.416 e. The molecule has 0 saturated carbocycles. The minimum atomic E-state index is -4.56. The minimum Gasteiger partial charge on any atom is -0.497 e. The van der Waals surface area contributed by atoms with Gasteiger partial charge in [0.1, 0.15) is 5.75 Å². The molecule has 0 unspecified atom stereocenters. The van der Waals surface area contributed by atoms with Crippen LogP contribution in [0.3, 0.4) is 0 Å². The van der Waals surface area contributed by atoms with Gasteiger partial charge in [0.15, 0.2) is 11.0 Å². The molecule has 35 heavy (non-hydrogen) atoms.